The Hall–Kier alpha value is -2.46. The highest BCUT2D eigenvalue weighted by atomic mass is 19.4. The summed E-state index contributed by atoms with van der Waals surface area (Å²) >= 11 is 0. The van der Waals surface area contributed by atoms with Gasteiger partial charge in [0.2, 0.25) is 0 Å². The van der Waals surface area contributed by atoms with Gasteiger partial charge in [-0.3, -0.25) is 9.78 Å². The summed E-state index contributed by atoms with van der Waals surface area (Å²) in [6.45, 7) is 3.30. The predicted molar refractivity (Wildman–Crippen MR) is 119 cm³/mol. The van der Waals surface area contributed by atoms with E-state index < -0.39 is 23.3 Å². The normalized spacial score (nSPS) is 27.2. The molecule has 1 amide bonds. The van der Waals surface area contributed by atoms with Crippen molar-refractivity contribution in [2.75, 3.05) is 19.6 Å². The number of alkyl halides is 3. The van der Waals surface area contributed by atoms with Crippen LogP contribution < -0.4 is 0 Å². The fourth-order valence-electron chi connectivity index (χ4n) is 6.04. The van der Waals surface area contributed by atoms with Gasteiger partial charge in [0.15, 0.2) is 0 Å². The van der Waals surface area contributed by atoms with Crippen LogP contribution in [0, 0.1) is 0 Å². The van der Waals surface area contributed by atoms with Gasteiger partial charge in [0.1, 0.15) is 5.60 Å². The Balaban J connectivity index is 1.33. The molecule has 3 aliphatic heterocycles. The van der Waals surface area contributed by atoms with Crippen LogP contribution in [0.25, 0.3) is 0 Å². The van der Waals surface area contributed by atoms with Crippen molar-refractivity contribution in [3.63, 3.8) is 0 Å². The number of halogens is 3. The Morgan fingerprint density at radius 3 is 2.51 bits per heavy atom. The molecule has 5 rings (SSSR count). The van der Waals surface area contributed by atoms with E-state index in [-0.39, 0.29) is 24.1 Å². The van der Waals surface area contributed by atoms with Gasteiger partial charge in [0.25, 0.3) is 5.91 Å². The third-order valence-electron chi connectivity index (χ3n) is 8.08. The summed E-state index contributed by atoms with van der Waals surface area (Å²) in [6.07, 6.45) is 0.873. The van der Waals surface area contributed by atoms with Gasteiger partial charge in [-0.05, 0) is 44.2 Å². The molecule has 0 unspecified atom stereocenters. The highest BCUT2D eigenvalue weighted by Crippen LogP contribution is 2.43. The minimum Gasteiger partial charge on any atom is -0.450 e. The van der Waals surface area contributed by atoms with Crippen LogP contribution in [0.1, 0.15) is 62.3 Å². The van der Waals surface area contributed by atoms with Crippen molar-refractivity contribution in [3.8, 4) is 0 Å². The number of carbonyl (C=O) groups excluding carboxylic acids is 2. The summed E-state index contributed by atoms with van der Waals surface area (Å²) in [7, 11) is 0. The summed E-state index contributed by atoms with van der Waals surface area (Å²) in [4.78, 5) is 34.1. The number of nitrogens with zero attached hydrogens (tertiary/aromatic N) is 3. The van der Waals surface area contributed by atoms with Crippen LogP contribution in [0.5, 0.6) is 0 Å². The number of hydrogen-bond donors (Lipinski definition) is 1. The third kappa shape index (κ3) is 4.46. The lowest BCUT2D eigenvalue weighted by Crippen LogP contribution is -2.52. The van der Waals surface area contributed by atoms with Crippen LogP contribution in [0.2, 0.25) is 0 Å². The molecule has 1 spiro atoms. The second-order valence-electron chi connectivity index (χ2n) is 10.2. The Labute approximate surface area is 201 Å². The number of piperidine rings is 1. The molecule has 1 saturated heterocycles. The fourth-order valence-corrected chi connectivity index (χ4v) is 6.04. The minimum atomic E-state index is -4.51. The maximum absolute atomic E-state index is 13.7. The average molecular weight is 494 g/mol. The number of pyridine rings is 1. The molecule has 35 heavy (non-hydrogen) atoms. The number of esters is 1. The predicted octanol–water partition coefficient (Wildman–Crippen LogP) is 3.00. The van der Waals surface area contributed by atoms with Crippen LogP contribution in [-0.2, 0) is 33.5 Å². The molecule has 0 radical (unpaired) electrons. The lowest BCUT2D eigenvalue weighted by Gasteiger charge is -2.44. The van der Waals surface area contributed by atoms with Crippen molar-refractivity contribution in [1.82, 2.24) is 14.8 Å². The first-order valence-corrected chi connectivity index (χ1v) is 12.3. The molecule has 2 fully saturated rings. The van der Waals surface area contributed by atoms with Crippen molar-refractivity contribution in [3.05, 3.63) is 40.2 Å². The van der Waals surface area contributed by atoms with Crippen molar-refractivity contribution in [1.29, 1.82) is 0 Å². The van der Waals surface area contributed by atoms with Gasteiger partial charge >= 0.3 is 12.1 Å². The number of aliphatic hydroxyl groups excluding tert-OH is 1. The lowest BCUT2D eigenvalue weighted by molar-refractivity contribution is -0.152. The molecule has 1 aromatic rings. The number of ether oxygens (including phenoxy) is 1. The third-order valence-corrected chi connectivity index (χ3v) is 8.08. The van der Waals surface area contributed by atoms with Crippen LogP contribution in [0.15, 0.2) is 23.4 Å². The van der Waals surface area contributed by atoms with E-state index in [9.17, 15) is 27.9 Å². The second-order valence-corrected chi connectivity index (χ2v) is 10.2. The van der Waals surface area contributed by atoms with Crippen LogP contribution in [0.4, 0.5) is 13.2 Å². The Bertz CT molecular complexity index is 1050. The van der Waals surface area contributed by atoms with Crippen molar-refractivity contribution in [2.24, 2.45) is 0 Å². The fraction of sp³-hybridized carbons (Fsp3) is 0.640. The van der Waals surface area contributed by atoms with E-state index in [2.05, 4.69) is 9.88 Å². The highest BCUT2D eigenvalue weighted by molar-refractivity contribution is 6.07. The van der Waals surface area contributed by atoms with E-state index in [4.69, 9.17) is 4.74 Å². The largest absolute Gasteiger partial charge is 0.450 e. The van der Waals surface area contributed by atoms with E-state index in [1.54, 1.807) is 6.92 Å². The number of fused-ring (bicyclic) bond motifs is 1. The van der Waals surface area contributed by atoms with Crippen molar-refractivity contribution in [2.45, 2.75) is 82.3 Å². The summed E-state index contributed by atoms with van der Waals surface area (Å²) in [5.74, 6) is -0.841. The number of aliphatic hydroxyl groups is 1. The number of amides is 1. The van der Waals surface area contributed by atoms with Gasteiger partial charge in [-0.2, -0.15) is 13.2 Å². The second kappa shape index (κ2) is 8.89. The average Bonchev–Trinajstić information content (AvgIpc) is 3.07. The monoisotopic (exact) mass is 493 g/mol. The first kappa shape index (κ1) is 24.2. The molecule has 1 aliphatic carbocycles. The van der Waals surface area contributed by atoms with E-state index in [1.807, 2.05) is 0 Å². The topological polar surface area (TPSA) is 83.0 Å². The summed E-state index contributed by atoms with van der Waals surface area (Å²) in [5.41, 5.74) is -0.241. The van der Waals surface area contributed by atoms with E-state index >= 15 is 0 Å². The van der Waals surface area contributed by atoms with Gasteiger partial charge < -0.3 is 19.6 Å². The van der Waals surface area contributed by atoms with E-state index in [0.717, 1.165) is 37.9 Å². The molecular weight excluding hydrogens is 463 g/mol. The van der Waals surface area contributed by atoms with Gasteiger partial charge in [-0.15, -0.1) is 0 Å². The number of aromatic nitrogens is 1. The van der Waals surface area contributed by atoms with Gasteiger partial charge in [-0.1, -0.05) is 0 Å². The summed E-state index contributed by atoms with van der Waals surface area (Å²) in [5, 5.41) is 9.80. The van der Waals surface area contributed by atoms with Gasteiger partial charge in [-0.25, -0.2) is 4.79 Å². The zero-order valence-electron chi connectivity index (χ0n) is 19.7. The molecule has 4 aliphatic rings. The number of hydrogen-bond acceptors (Lipinski definition) is 6. The quantitative estimate of drug-likeness (QED) is 0.638. The van der Waals surface area contributed by atoms with Crippen molar-refractivity contribution >= 4 is 11.9 Å². The first-order chi connectivity index (χ1) is 16.6. The minimum absolute atomic E-state index is 0.0165. The zero-order valence-corrected chi connectivity index (χ0v) is 19.7. The molecule has 7 nitrogen and oxygen atoms in total. The molecule has 190 valence electrons. The van der Waals surface area contributed by atoms with E-state index in [1.165, 1.54) is 4.90 Å². The Kier molecular flexibility index (Phi) is 6.15. The zero-order chi connectivity index (χ0) is 25.0. The number of rotatable bonds is 2. The van der Waals surface area contributed by atoms with Crippen LogP contribution >= 0.6 is 0 Å². The van der Waals surface area contributed by atoms with Gasteiger partial charge in [0, 0.05) is 68.9 Å². The summed E-state index contributed by atoms with van der Waals surface area (Å²) in [6, 6.07) is 1.44. The van der Waals surface area contributed by atoms with Gasteiger partial charge in [0.05, 0.1) is 17.2 Å². The Morgan fingerprint density at radius 1 is 1.17 bits per heavy atom. The smallest absolute Gasteiger partial charge is 0.417 e. The first-order valence-electron chi connectivity index (χ1n) is 12.3. The summed E-state index contributed by atoms with van der Waals surface area (Å²) < 4.78 is 45.4. The van der Waals surface area contributed by atoms with E-state index in [0.29, 0.717) is 61.8 Å². The molecule has 4 heterocycles. The van der Waals surface area contributed by atoms with Crippen LogP contribution in [-0.4, -0.2) is 69.1 Å². The highest BCUT2D eigenvalue weighted by Gasteiger charge is 2.52. The maximum atomic E-state index is 13.7. The maximum Gasteiger partial charge on any atom is 0.417 e. The lowest BCUT2D eigenvalue weighted by atomic mass is 9.81. The standard InChI is InChI=1S/C25H30F3N3O4/c1-15-21(22(33)31-9-6-20-16(14-31)12-17(13-29-20)25(26,27)28)24(35-23(15)34)7-10-30(11-8-24)18-2-4-19(32)5-3-18/h12-13,18-19,32H,2-11,14H2,1H3/t18-,19-. The van der Waals surface area contributed by atoms with Crippen molar-refractivity contribution < 1.29 is 32.6 Å². The molecule has 1 saturated carbocycles. The molecule has 0 aromatic carbocycles. The van der Waals surface area contributed by atoms with Crippen LogP contribution in [0.3, 0.4) is 0 Å². The number of carbonyl (C=O) groups is 2. The molecule has 1 aromatic heterocycles. The number of likely N-dealkylation sites (tertiary alicyclic amines) is 1. The molecule has 0 bridgehead atoms. The molecule has 10 heteroatoms. The SMILES string of the molecule is CC1=C(C(=O)N2CCc3ncc(C(F)(F)F)cc3C2)C2(CCN([C@H]3CC[C@H](O)CC3)CC2)OC1=O. The molecular formula is C25H30F3N3O4. The molecule has 0 atom stereocenters. The Morgan fingerprint density at radius 2 is 1.86 bits per heavy atom. The molecule has 1 N–H and O–H groups in total.